The molecule has 2 rings (SSSR count). The predicted octanol–water partition coefficient (Wildman–Crippen LogP) is 1.95. The number of nitrogens with one attached hydrogen (secondary N) is 1. The number of hydrogen-bond donors (Lipinski definition) is 1. The van der Waals surface area contributed by atoms with Crippen molar-refractivity contribution in [3.05, 3.63) is 21.9 Å². The third-order valence-corrected chi connectivity index (χ3v) is 4.96. The van der Waals surface area contributed by atoms with Crippen LogP contribution in [0.4, 0.5) is 0 Å². The van der Waals surface area contributed by atoms with Crippen LogP contribution in [0.15, 0.2) is 12.1 Å². The summed E-state index contributed by atoms with van der Waals surface area (Å²) in [5.74, 6) is 0. The van der Waals surface area contributed by atoms with Gasteiger partial charge in [0.05, 0.1) is 6.04 Å². The lowest BCUT2D eigenvalue weighted by atomic mass is 10.1. The molecule has 1 N–H and O–H groups in total. The highest BCUT2D eigenvalue weighted by Crippen LogP contribution is 2.28. The van der Waals surface area contributed by atoms with Gasteiger partial charge in [0, 0.05) is 22.3 Å². The van der Waals surface area contributed by atoms with Crippen molar-refractivity contribution in [3.8, 4) is 0 Å². The molecule has 0 bridgehead atoms. The first-order valence-corrected chi connectivity index (χ1v) is 7.56. The van der Waals surface area contributed by atoms with Crippen molar-refractivity contribution < 1.29 is 0 Å². The lowest BCUT2D eigenvalue weighted by Crippen LogP contribution is -2.45. The fourth-order valence-corrected chi connectivity index (χ4v) is 3.86. The summed E-state index contributed by atoms with van der Waals surface area (Å²) in [4.78, 5) is 7.83. The molecule has 0 radical (unpaired) electrons. The molecule has 1 aromatic heterocycles. The third kappa shape index (κ3) is 3.12. The Kier molecular flexibility index (Phi) is 4.78. The summed E-state index contributed by atoms with van der Waals surface area (Å²) in [6.07, 6.45) is 1.27. The molecule has 18 heavy (non-hydrogen) atoms. The highest BCUT2D eigenvalue weighted by molar-refractivity contribution is 7.12. The van der Waals surface area contributed by atoms with Gasteiger partial charge in [-0.1, -0.05) is 0 Å². The molecule has 0 saturated carbocycles. The van der Waals surface area contributed by atoms with Gasteiger partial charge in [-0.2, -0.15) is 0 Å². The first-order chi connectivity index (χ1) is 8.61. The topological polar surface area (TPSA) is 18.5 Å². The highest BCUT2D eigenvalue weighted by atomic mass is 32.1. The zero-order chi connectivity index (χ0) is 13.1. The average Bonchev–Trinajstić information content (AvgIpc) is 2.67. The SMILES string of the molecule is CNC(c1ccc(C)s1)C1CN(C)CCCN1C. The van der Waals surface area contributed by atoms with Gasteiger partial charge in [-0.25, -0.2) is 0 Å². The van der Waals surface area contributed by atoms with Gasteiger partial charge in [0.15, 0.2) is 0 Å². The summed E-state index contributed by atoms with van der Waals surface area (Å²) < 4.78 is 0. The van der Waals surface area contributed by atoms with Crippen molar-refractivity contribution in [1.82, 2.24) is 15.1 Å². The van der Waals surface area contributed by atoms with E-state index in [0.717, 1.165) is 6.54 Å². The largest absolute Gasteiger partial charge is 0.311 e. The van der Waals surface area contributed by atoms with E-state index in [4.69, 9.17) is 0 Å². The van der Waals surface area contributed by atoms with E-state index in [0.29, 0.717) is 12.1 Å². The molecule has 0 aromatic carbocycles. The Hall–Kier alpha value is -0.420. The van der Waals surface area contributed by atoms with Crippen molar-refractivity contribution in [2.75, 3.05) is 40.8 Å². The minimum Gasteiger partial charge on any atom is -0.311 e. The number of hydrogen-bond acceptors (Lipinski definition) is 4. The number of rotatable bonds is 3. The van der Waals surface area contributed by atoms with E-state index >= 15 is 0 Å². The van der Waals surface area contributed by atoms with Crippen LogP contribution in [0.5, 0.6) is 0 Å². The molecular weight excluding hydrogens is 242 g/mol. The van der Waals surface area contributed by atoms with Crippen LogP contribution in [0, 0.1) is 6.92 Å². The second kappa shape index (κ2) is 6.15. The van der Waals surface area contributed by atoms with Crippen LogP contribution in [-0.4, -0.2) is 56.6 Å². The standard InChI is InChI=1S/C14H25N3S/c1-11-6-7-13(18-11)14(15-2)12-10-16(3)8-5-9-17(12)4/h6-7,12,14-15H,5,8-10H2,1-4H3. The molecule has 4 heteroatoms. The van der Waals surface area contributed by atoms with Crippen LogP contribution in [0.1, 0.15) is 22.2 Å². The maximum absolute atomic E-state index is 3.52. The first kappa shape index (κ1) is 14.0. The number of aryl methyl sites for hydroxylation is 1. The van der Waals surface area contributed by atoms with Gasteiger partial charge < -0.3 is 15.1 Å². The van der Waals surface area contributed by atoms with Crippen LogP contribution >= 0.6 is 11.3 Å². The lowest BCUT2D eigenvalue weighted by Gasteiger charge is -2.34. The molecule has 102 valence electrons. The van der Waals surface area contributed by atoms with Crippen molar-refractivity contribution in [2.45, 2.75) is 25.4 Å². The maximum Gasteiger partial charge on any atom is 0.0582 e. The smallest absolute Gasteiger partial charge is 0.0582 e. The quantitative estimate of drug-likeness (QED) is 0.903. The summed E-state index contributed by atoms with van der Waals surface area (Å²) in [6, 6.07) is 5.50. The molecule has 3 nitrogen and oxygen atoms in total. The molecular formula is C14H25N3S. The number of nitrogens with zero attached hydrogens (tertiary/aromatic N) is 2. The second-order valence-electron chi connectivity index (χ2n) is 5.38. The summed E-state index contributed by atoms with van der Waals surface area (Å²) in [5.41, 5.74) is 0. The van der Waals surface area contributed by atoms with E-state index in [2.05, 4.69) is 55.3 Å². The molecule has 0 spiro atoms. The Morgan fingerprint density at radius 1 is 1.33 bits per heavy atom. The van der Waals surface area contributed by atoms with Gasteiger partial charge in [-0.3, -0.25) is 0 Å². The van der Waals surface area contributed by atoms with Crippen LogP contribution in [0.25, 0.3) is 0 Å². The van der Waals surface area contributed by atoms with Crippen molar-refractivity contribution in [2.24, 2.45) is 0 Å². The molecule has 1 saturated heterocycles. The van der Waals surface area contributed by atoms with E-state index in [1.165, 1.54) is 29.3 Å². The summed E-state index contributed by atoms with van der Waals surface area (Å²) in [5, 5.41) is 3.52. The molecule has 2 atom stereocenters. The Morgan fingerprint density at radius 3 is 2.72 bits per heavy atom. The fraction of sp³-hybridized carbons (Fsp3) is 0.714. The van der Waals surface area contributed by atoms with Gasteiger partial charge in [0.1, 0.15) is 0 Å². The van der Waals surface area contributed by atoms with Crippen LogP contribution in [0.3, 0.4) is 0 Å². The number of likely N-dealkylation sites (N-methyl/N-ethyl adjacent to an activating group) is 3. The molecule has 2 unspecified atom stereocenters. The van der Waals surface area contributed by atoms with Crippen LogP contribution in [-0.2, 0) is 0 Å². The van der Waals surface area contributed by atoms with Gasteiger partial charge in [-0.15, -0.1) is 11.3 Å². The van der Waals surface area contributed by atoms with E-state index in [-0.39, 0.29) is 0 Å². The van der Waals surface area contributed by atoms with Gasteiger partial charge in [-0.05, 0) is 59.7 Å². The van der Waals surface area contributed by atoms with E-state index in [9.17, 15) is 0 Å². The zero-order valence-corrected chi connectivity index (χ0v) is 12.8. The Morgan fingerprint density at radius 2 is 2.11 bits per heavy atom. The fourth-order valence-electron chi connectivity index (χ4n) is 2.81. The molecule has 1 aliphatic heterocycles. The minimum absolute atomic E-state index is 0.439. The Bertz CT molecular complexity index is 377. The van der Waals surface area contributed by atoms with Crippen molar-refractivity contribution in [1.29, 1.82) is 0 Å². The molecule has 0 amide bonds. The van der Waals surface area contributed by atoms with Crippen molar-refractivity contribution in [3.63, 3.8) is 0 Å². The summed E-state index contributed by atoms with van der Waals surface area (Å²) in [7, 11) is 6.58. The summed E-state index contributed by atoms with van der Waals surface area (Å²) in [6.45, 7) is 5.72. The second-order valence-corrected chi connectivity index (χ2v) is 6.70. The lowest BCUT2D eigenvalue weighted by molar-refractivity contribution is 0.184. The summed E-state index contributed by atoms with van der Waals surface area (Å²) >= 11 is 1.92. The minimum atomic E-state index is 0.439. The van der Waals surface area contributed by atoms with Gasteiger partial charge in [0.25, 0.3) is 0 Å². The van der Waals surface area contributed by atoms with E-state index in [1.807, 2.05) is 11.3 Å². The Labute approximate surface area is 115 Å². The van der Waals surface area contributed by atoms with E-state index < -0.39 is 0 Å². The first-order valence-electron chi connectivity index (χ1n) is 6.74. The Balaban J connectivity index is 2.19. The molecule has 1 aliphatic rings. The van der Waals surface area contributed by atoms with Crippen LogP contribution < -0.4 is 5.32 Å². The molecule has 2 heterocycles. The monoisotopic (exact) mass is 267 g/mol. The van der Waals surface area contributed by atoms with Gasteiger partial charge >= 0.3 is 0 Å². The molecule has 1 fully saturated rings. The third-order valence-electron chi connectivity index (χ3n) is 3.88. The zero-order valence-electron chi connectivity index (χ0n) is 11.9. The van der Waals surface area contributed by atoms with Gasteiger partial charge in [0.2, 0.25) is 0 Å². The molecule has 1 aromatic rings. The van der Waals surface area contributed by atoms with Crippen molar-refractivity contribution >= 4 is 11.3 Å². The normalized spacial score (nSPS) is 25.0. The molecule has 0 aliphatic carbocycles. The van der Waals surface area contributed by atoms with E-state index in [1.54, 1.807) is 0 Å². The maximum atomic E-state index is 3.52. The highest BCUT2D eigenvalue weighted by Gasteiger charge is 2.29. The predicted molar refractivity (Wildman–Crippen MR) is 79.4 cm³/mol. The number of thiophene rings is 1. The average molecular weight is 267 g/mol. The van der Waals surface area contributed by atoms with Crippen LogP contribution in [0.2, 0.25) is 0 Å².